The van der Waals surface area contributed by atoms with E-state index in [2.05, 4.69) is 9.98 Å². The lowest BCUT2D eigenvalue weighted by atomic mass is 10.2. The second-order valence-electron chi connectivity index (χ2n) is 5.37. The van der Waals surface area contributed by atoms with Gasteiger partial charge in [-0.2, -0.15) is 4.99 Å². The van der Waals surface area contributed by atoms with Crippen LogP contribution in [0.3, 0.4) is 0 Å². The summed E-state index contributed by atoms with van der Waals surface area (Å²) in [7, 11) is 1.51. The molecule has 8 heteroatoms. The molecular weight excluding hydrogens is 378 g/mol. The largest absolute Gasteiger partial charge is 0.496 e. The molecule has 3 rings (SSSR count). The van der Waals surface area contributed by atoms with Crippen LogP contribution in [0.2, 0.25) is 5.02 Å². The van der Waals surface area contributed by atoms with E-state index in [0.717, 1.165) is 15.6 Å². The van der Waals surface area contributed by atoms with E-state index < -0.39 is 0 Å². The molecule has 0 N–H and O–H groups in total. The number of carbonyl (C=O) groups excluding carboxylic acids is 1. The van der Waals surface area contributed by atoms with Crippen LogP contribution >= 0.6 is 34.3 Å². The number of ether oxygens (including phenoxy) is 1. The Morgan fingerprint density at radius 1 is 1.40 bits per heavy atom. The number of methoxy groups -OCH3 is 1. The van der Waals surface area contributed by atoms with Crippen molar-refractivity contribution in [2.75, 3.05) is 7.11 Å². The van der Waals surface area contributed by atoms with Crippen LogP contribution in [-0.4, -0.2) is 22.6 Å². The van der Waals surface area contributed by atoms with Crippen LogP contribution < -0.4 is 9.54 Å². The molecule has 2 heterocycles. The molecule has 1 amide bonds. The molecule has 0 aliphatic carbocycles. The molecule has 2 aromatic heterocycles. The molecule has 5 nitrogen and oxygen atoms in total. The van der Waals surface area contributed by atoms with Crippen molar-refractivity contribution in [3.63, 3.8) is 0 Å². The van der Waals surface area contributed by atoms with Crippen molar-refractivity contribution in [1.82, 2.24) is 9.55 Å². The van der Waals surface area contributed by atoms with Crippen LogP contribution in [0.4, 0.5) is 0 Å². The molecule has 0 fully saturated rings. The van der Waals surface area contributed by atoms with Gasteiger partial charge in [0, 0.05) is 21.5 Å². The summed E-state index contributed by atoms with van der Waals surface area (Å²) in [6.07, 6.45) is 1.97. The number of rotatable bonds is 4. The minimum atomic E-state index is -0.385. The zero-order valence-corrected chi connectivity index (χ0v) is 16.3. The maximum atomic E-state index is 12.6. The van der Waals surface area contributed by atoms with Gasteiger partial charge in [-0.15, -0.1) is 22.7 Å². The maximum Gasteiger partial charge on any atom is 0.283 e. The van der Waals surface area contributed by atoms with Crippen molar-refractivity contribution in [3.8, 4) is 5.75 Å². The summed E-state index contributed by atoms with van der Waals surface area (Å²) in [6, 6.07) is 4.91. The standard InChI is InChI=1S/C17H16ClN3O2S2/c1-10-7-21(8-13-9-24-11(2)19-13)17(25-10)20-16(22)14-6-12(18)4-5-15(14)23-3/h4-7,9H,8H2,1-3H3/b20-17-. The third kappa shape index (κ3) is 4.18. The maximum absolute atomic E-state index is 12.6. The molecule has 0 atom stereocenters. The van der Waals surface area contributed by atoms with Crippen molar-refractivity contribution < 1.29 is 9.53 Å². The molecule has 0 spiro atoms. The average molecular weight is 394 g/mol. The van der Waals surface area contributed by atoms with Gasteiger partial charge in [0.1, 0.15) is 5.75 Å². The van der Waals surface area contributed by atoms with Crippen LogP contribution in [0.25, 0.3) is 0 Å². The summed E-state index contributed by atoms with van der Waals surface area (Å²) >= 11 is 9.07. The van der Waals surface area contributed by atoms with Crippen LogP contribution in [0, 0.1) is 13.8 Å². The highest BCUT2D eigenvalue weighted by Gasteiger charge is 2.13. The lowest BCUT2D eigenvalue weighted by molar-refractivity contribution is 0.0995. The number of hydrogen-bond acceptors (Lipinski definition) is 5. The Morgan fingerprint density at radius 2 is 2.20 bits per heavy atom. The lowest BCUT2D eigenvalue weighted by Crippen LogP contribution is -2.17. The quantitative estimate of drug-likeness (QED) is 0.671. The number of halogens is 1. The molecule has 0 bridgehead atoms. The number of nitrogens with zero attached hydrogens (tertiary/aromatic N) is 3. The Bertz CT molecular complexity index is 988. The highest BCUT2D eigenvalue weighted by molar-refractivity contribution is 7.09. The van der Waals surface area contributed by atoms with Crippen molar-refractivity contribution in [2.45, 2.75) is 20.4 Å². The Labute approximate surface area is 158 Å². The number of carbonyl (C=O) groups is 1. The number of amides is 1. The Kier molecular flexibility index (Phi) is 5.36. The van der Waals surface area contributed by atoms with Gasteiger partial charge in [-0.1, -0.05) is 11.6 Å². The average Bonchev–Trinajstić information content (AvgIpc) is 3.13. The monoisotopic (exact) mass is 393 g/mol. The molecular formula is C17H16ClN3O2S2. The molecule has 0 radical (unpaired) electrons. The van der Waals surface area contributed by atoms with E-state index in [4.69, 9.17) is 16.3 Å². The SMILES string of the molecule is COc1ccc(Cl)cc1C(=O)/N=c1\sc(C)cn1Cc1csc(C)n1. The predicted molar refractivity (Wildman–Crippen MR) is 101 cm³/mol. The van der Waals surface area contributed by atoms with E-state index in [-0.39, 0.29) is 5.91 Å². The van der Waals surface area contributed by atoms with Crippen molar-refractivity contribution in [1.29, 1.82) is 0 Å². The smallest absolute Gasteiger partial charge is 0.283 e. The summed E-state index contributed by atoms with van der Waals surface area (Å²) in [5, 5.41) is 3.49. The third-order valence-electron chi connectivity index (χ3n) is 3.42. The van der Waals surface area contributed by atoms with E-state index in [1.165, 1.54) is 18.4 Å². The van der Waals surface area contributed by atoms with Crippen molar-refractivity contribution in [2.24, 2.45) is 4.99 Å². The van der Waals surface area contributed by atoms with Gasteiger partial charge in [0.2, 0.25) is 0 Å². The number of aromatic nitrogens is 2. The first kappa shape index (κ1) is 17.8. The summed E-state index contributed by atoms with van der Waals surface area (Å²) in [5.41, 5.74) is 1.30. The van der Waals surface area contributed by atoms with Crippen LogP contribution in [-0.2, 0) is 6.54 Å². The van der Waals surface area contributed by atoms with Gasteiger partial charge in [0.05, 0.1) is 29.9 Å². The molecule has 0 aliphatic heterocycles. The van der Waals surface area contributed by atoms with E-state index >= 15 is 0 Å². The Hall–Kier alpha value is -1.96. The highest BCUT2D eigenvalue weighted by Crippen LogP contribution is 2.23. The van der Waals surface area contributed by atoms with E-state index in [1.54, 1.807) is 29.5 Å². The molecule has 0 unspecified atom stereocenters. The van der Waals surface area contributed by atoms with E-state index in [9.17, 15) is 4.79 Å². The van der Waals surface area contributed by atoms with Gasteiger partial charge in [0.15, 0.2) is 4.80 Å². The molecule has 0 saturated heterocycles. The Balaban J connectivity index is 1.98. The number of thiazole rings is 2. The predicted octanol–water partition coefficient (Wildman–Crippen LogP) is 4.07. The molecule has 3 aromatic rings. The zero-order chi connectivity index (χ0) is 18.0. The van der Waals surface area contributed by atoms with Gasteiger partial charge < -0.3 is 9.30 Å². The Morgan fingerprint density at radius 3 is 2.88 bits per heavy atom. The van der Waals surface area contributed by atoms with Crippen molar-refractivity contribution >= 4 is 40.2 Å². The van der Waals surface area contributed by atoms with Gasteiger partial charge in [-0.05, 0) is 32.0 Å². The third-order valence-corrected chi connectivity index (χ3v) is 5.42. The minimum absolute atomic E-state index is 0.345. The number of aryl methyl sites for hydroxylation is 2. The summed E-state index contributed by atoms with van der Waals surface area (Å²) in [5.74, 6) is 0.0671. The van der Waals surface area contributed by atoms with Crippen molar-refractivity contribution in [3.05, 3.63) is 60.7 Å². The first-order valence-electron chi connectivity index (χ1n) is 7.46. The first-order valence-corrected chi connectivity index (χ1v) is 9.54. The fourth-order valence-corrected chi connectivity index (χ4v) is 3.96. The van der Waals surface area contributed by atoms with Gasteiger partial charge in [0.25, 0.3) is 5.91 Å². The summed E-state index contributed by atoms with van der Waals surface area (Å²) in [6.45, 7) is 4.53. The summed E-state index contributed by atoms with van der Waals surface area (Å²) < 4.78 is 7.18. The lowest BCUT2D eigenvalue weighted by Gasteiger charge is -2.05. The van der Waals surface area contributed by atoms with Gasteiger partial charge in [-0.3, -0.25) is 4.79 Å². The second kappa shape index (κ2) is 7.51. The molecule has 0 aliphatic rings. The van der Waals surface area contributed by atoms with Crippen LogP contribution in [0.15, 0.2) is 34.8 Å². The topological polar surface area (TPSA) is 56.5 Å². The normalized spacial score (nSPS) is 11.8. The van der Waals surface area contributed by atoms with Gasteiger partial charge in [-0.25, -0.2) is 4.98 Å². The minimum Gasteiger partial charge on any atom is -0.496 e. The molecule has 0 saturated carbocycles. The van der Waals surface area contributed by atoms with E-state index in [0.29, 0.717) is 27.7 Å². The molecule has 1 aromatic carbocycles. The van der Waals surface area contributed by atoms with Crippen LogP contribution in [0.1, 0.15) is 25.9 Å². The highest BCUT2D eigenvalue weighted by atomic mass is 35.5. The fourth-order valence-electron chi connectivity index (χ4n) is 2.35. The second-order valence-corrected chi connectivity index (χ2v) is 8.08. The number of benzene rings is 1. The molecule has 130 valence electrons. The first-order chi connectivity index (χ1) is 12.0. The fraction of sp³-hybridized carbons (Fsp3) is 0.235. The summed E-state index contributed by atoms with van der Waals surface area (Å²) in [4.78, 5) is 23.1. The molecule has 25 heavy (non-hydrogen) atoms. The van der Waals surface area contributed by atoms with Gasteiger partial charge >= 0.3 is 0 Å². The van der Waals surface area contributed by atoms with Crippen LogP contribution in [0.5, 0.6) is 5.75 Å². The zero-order valence-electron chi connectivity index (χ0n) is 13.9. The number of hydrogen-bond donors (Lipinski definition) is 0. The van der Waals surface area contributed by atoms with E-state index in [1.807, 2.05) is 30.0 Å².